The van der Waals surface area contributed by atoms with Crippen LogP contribution in [-0.2, 0) is 11.0 Å². The van der Waals surface area contributed by atoms with Gasteiger partial charge in [-0.15, -0.1) is 0 Å². The standard InChI is InChI=1S/C23H23F4N3O2/c24-18-4-6-19(7-5-18)28-8-2-9-29(12-11-28)22(32)16-13-17(23(25,26)27)15-20(14-16)30-10-1-3-21(30)31/h4-7,13-15H,1-3,8-12H2. The molecule has 5 nitrogen and oxygen atoms in total. The van der Waals surface area contributed by atoms with E-state index in [4.69, 9.17) is 0 Å². The van der Waals surface area contributed by atoms with E-state index in [1.54, 1.807) is 12.1 Å². The van der Waals surface area contributed by atoms with Crippen LogP contribution in [0, 0.1) is 5.82 Å². The predicted octanol–water partition coefficient (Wildman–Crippen LogP) is 4.32. The lowest BCUT2D eigenvalue weighted by Crippen LogP contribution is -2.35. The van der Waals surface area contributed by atoms with Crippen molar-refractivity contribution in [3.05, 3.63) is 59.4 Å². The Morgan fingerprint density at radius 3 is 2.25 bits per heavy atom. The Kier molecular flexibility index (Phi) is 6.08. The molecule has 2 aromatic carbocycles. The SMILES string of the molecule is O=C(c1cc(N2CCCC2=O)cc(C(F)(F)F)c1)N1CCCN(c2ccc(F)cc2)CC1. The lowest BCUT2D eigenvalue weighted by molar-refractivity contribution is -0.137. The van der Waals surface area contributed by atoms with Gasteiger partial charge in [-0.1, -0.05) is 0 Å². The quantitative estimate of drug-likeness (QED) is 0.656. The van der Waals surface area contributed by atoms with Crippen LogP contribution in [0.2, 0.25) is 0 Å². The first-order valence-electron chi connectivity index (χ1n) is 10.5. The highest BCUT2D eigenvalue weighted by Gasteiger charge is 2.34. The Morgan fingerprint density at radius 1 is 0.844 bits per heavy atom. The van der Waals surface area contributed by atoms with Crippen LogP contribution >= 0.6 is 0 Å². The second-order valence-electron chi connectivity index (χ2n) is 8.02. The van der Waals surface area contributed by atoms with Gasteiger partial charge in [0.05, 0.1) is 5.56 Å². The van der Waals surface area contributed by atoms with Gasteiger partial charge in [-0.25, -0.2) is 4.39 Å². The summed E-state index contributed by atoms with van der Waals surface area (Å²) in [5.41, 5.74) is -0.0893. The summed E-state index contributed by atoms with van der Waals surface area (Å²) in [6.45, 7) is 2.18. The zero-order valence-corrected chi connectivity index (χ0v) is 17.4. The second kappa shape index (κ2) is 8.80. The monoisotopic (exact) mass is 449 g/mol. The van der Waals surface area contributed by atoms with Gasteiger partial charge in [0.2, 0.25) is 5.91 Å². The van der Waals surface area contributed by atoms with Gasteiger partial charge < -0.3 is 14.7 Å². The Hall–Kier alpha value is -3.10. The summed E-state index contributed by atoms with van der Waals surface area (Å²) in [4.78, 5) is 30.1. The maximum absolute atomic E-state index is 13.5. The van der Waals surface area contributed by atoms with Crippen LogP contribution in [0.15, 0.2) is 42.5 Å². The van der Waals surface area contributed by atoms with Crippen molar-refractivity contribution in [3.8, 4) is 0 Å². The van der Waals surface area contributed by atoms with Crippen LogP contribution in [0.5, 0.6) is 0 Å². The molecule has 0 saturated carbocycles. The van der Waals surface area contributed by atoms with Gasteiger partial charge in [-0.2, -0.15) is 13.2 Å². The molecule has 0 atom stereocenters. The molecule has 170 valence electrons. The maximum atomic E-state index is 13.5. The second-order valence-corrected chi connectivity index (χ2v) is 8.02. The number of alkyl halides is 3. The largest absolute Gasteiger partial charge is 0.416 e. The van der Waals surface area contributed by atoms with Crippen molar-refractivity contribution in [2.75, 3.05) is 42.5 Å². The van der Waals surface area contributed by atoms with Gasteiger partial charge in [0.1, 0.15) is 5.82 Å². The highest BCUT2D eigenvalue weighted by atomic mass is 19.4. The number of carbonyl (C=O) groups excluding carboxylic acids is 2. The van der Waals surface area contributed by atoms with Crippen molar-refractivity contribution in [1.82, 2.24) is 4.90 Å². The van der Waals surface area contributed by atoms with E-state index in [1.807, 2.05) is 4.90 Å². The minimum absolute atomic E-state index is 0.0789. The number of carbonyl (C=O) groups is 2. The molecule has 0 N–H and O–H groups in total. The van der Waals surface area contributed by atoms with Crippen molar-refractivity contribution >= 4 is 23.2 Å². The molecule has 0 unspecified atom stereocenters. The van der Waals surface area contributed by atoms with Gasteiger partial charge in [0.15, 0.2) is 0 Å². The van der Waals surface area contributed by atoms with Crippen molar-refractivity contribution in [2.24, 2.45) is 0 Å². The van der Waals surface area contributed by atoms with Gasteiger partial charge >= 0.3 is 6.18 Å². The Bertz CT molecular complexity index is 1010. The normalized spacial score (nSPS) is 17.6. The minimum Gasteiger partial charge on any atom is -0.370 e. The van der Waals surface area contributed by atoms with E-state index >= 15 is 0 Å². The number of benzene rings is 2. The first kappa shape index (κ1) is 22.1. The first-order chi connectivity index (χ1) is 15.2. The van der Waals surface area contributed by atoms with E-state index in [1.165, 1.54) is 28.0 Å². The number of hydrogen-bond donors (Lipinski definition) is 0. The summed E-state index contributed by atoms with van der Waals surface area (Å²) in [5, 5.41) is 0. The van der Waals surface area contributed by atoms with E-state index in [-0.39, 0.29) is 29.4 Å². The lowest BCUT2D eigenvalue weighted by atomic mass is 10.1. The van der Waals surface area contributed by atoms with Crippen LogP contribution in [0.3, 0.4) is 0 Å². The van der Waals surface area contributed by atoms with Crippen molar-refractivity contribution < 1.29 is 27.2 Å². The third-order valence-corrected chi connectivity index (χ3v) is 5.85. The van der Waals surface area contributed by atoms with E-state index in [2.05, 4.69) is 0 Å². The molecule has 4 rings (SSSR count). The van der Waals surface area contributed by atoms with Crippen molar-refractivity contribution in [3.63, 3.8) is 0 Å². The molecule has 32 heavy (non-hydrogen) atoms. The minimum atomic E-state index is -4.63. The highest BCUT2D eigenvalue weighted by molar-refractivity contribution is 5.99. The maximum Gasteiger partial charge on any atom is 0.416 e. The molecule has 2 aliphatic heterocycles. The molecule has 9 heteroatoms. The summed E-state index contributed by atoms with van der Waals surface area (Å²) >= 11 is 0. The topological polar surface area (TPSA) is 43.9 Å². The van der Waals surface area contributed by atoms with Gasteiger partial charge in [-0.05, 0) is 55.3 Å². The molecule has 2 fully saturated rings. The van der Waals surface area contributed by atoms with Crippen molar-refractivity contribution in [1.29, 1.82) is 0 Å². The number of halogens is 4. The molecule has 2 aliphatic rings. The Labute approximate surface area is 183 Å². The summed E-state index contributed by atoms with van der Waals surface area (Å²) in [7, 11) is 0. The molecule has 2 heterocycles. The van der Waals surface area contributed by atoms with Crippen LogP contribution in [0.4, 0.5) is 28.9 Å². The van der Waals surface area contributed by atoms with Gasteiger partial charge in [-0.3, -0.25) is 9.59 Å². The average Bonchev–Trinajstić information content (AvgIpc) is 3.04. The summed E-state index contributed by atoms with van der Waals surface area (Å²) in [6.07, 6.45) is -3.15. The number of amides is 2. The van der Waals surface area contributed by atoms with E-state index in [9.17, 15) is 27.2 Å². The number of hydrogen-bond acceptors (Lipinski definition) is 3. The molecule has 0 aromatic heterocycles. The van der Waals surface area contributed by atoms with E-state index in [0.29, 0.717) is 45.6 Å². The van der Waals surface area contributed by atoms with Crippen molar-refractivity contribution in [2.45, 2.75) is 25.4 Å². The number of anilines is 2. The molecule has 0 bridgehead atoms. The van der Waals surface area contributed by atoms with Crippen LogP contribution in [-0.4, -0.2) is 49.4 Å². The fraction of sp³-hybridized carbons (Fsp3) is 0.391. The summed E-state index contributed by atoms with van der Waals surface area (Å²) < 4.78 is 53.7. The van der Waals surface area contributed by atoms with E-state index < -0.39 is 17.6 Å². The van der Waals surface area contributed by atoms with Crippen LogP contribution < -0.4 is 9.80 Å². The predicted molar refractivity (Wildman–Crippen MR) is 112 cm³/mol. The van der Waals surface area contributed by atoms with Gasteiger partial charge in [0.25, 0.3) is 5.91 Å². The van der Waals surface area contributed by atoms with Gasteiger partial charge in [0, 0.05) is 56.1 Å². The Morgan fingerprint density at radius 2 is 1.59 bits per heavy atom. The van der Waals surface area contributed by atoms with Crippen LogP contribution in [0.25, 0.3) is 0 Å². The zero-order chi connectivity index (χ0) is 22.9. The smallest absolute Gasteiger partial charge is 0.370 e. The Balaban J connectivity index is 1.56. The fourth-order valence-corrected chi connectivity index (χ4v) is 4.19. The average molecular weight is 449 g/mol. The lowest BCUT2D eigenvalue weighted by Gasteiger charge is -2.25. The molecule has 0 spiro atoms. The number of nitrogens with zero attached hydrogens (tertiary/aromatic N) is 3. The summed E-state index contributed by atoms with van der Waals surface area (Å²) in [5.74, 6) is -1.07. The van der Waals surface area contributed by atoms with E-state index in [0.717, 1.165) is 17.8 Å². The zero-order valence-electron chi connectivity index (χ0n) is 17.4. The molecule has 0 radical (unpaired) electrons. The first-order valence-corrected chi connectivity index (χ1v) is 10.5. The number of rotatable bonds is 3. The molecular formula is C23H23F4N3O2. The van der Waals surface area contributed by atoms with Crippen LogP contribution in [0.1, 0.15) is 35.2 Å². The molecule has 2 aromatic rings. The molecule has 2 saturated heterocycles. The summed E-state index contributed by atoms with van der Waals surface area (Å²) in [6, 6.07) is 9.23. The molecule has 0 aliphatic carbocycles. The molecular weight excluding hydrogens is 426 g/mol. The highest BCUT2D eigenvalue weighted by Crippen LogP contribution is 2.34. The molecule has 2 amide bonds. The third-order valence-electron chi connectivity index (χ3n) is 5.85. The fourth-order valence-electron chi connectivity index (χ4n) is 4.19. The third kappa shape index (κ3) is 4.71.